The Balaban J connectivity index is 1.05. The smallest absolute Gasteiger partial charge is 0.223 e. The van der Waals surface area contributed by atoms with Gasteiger partial charge in [0.15, 0.2) is 0 Å². The number of benzene rings is 2. The molecule has 2 bridgehead atoms. The van der Waals surface area contributed by atoms with E-state index in [2.05, 4.69) is 87.9 Å². The number of hydrogen-bond acceptors (Lipinski definition) is 3. The fourth-order valence-electron chi connectivity index (χ4n) is 6.02. The highest BCUT2D eigenvalue weighted by Crippen LogP contribution is 2.43. The van der Waals surface area contributed by atoms with E-state index in [-0.39, 0.29) is 11.8 Å². The van der Waals surface area contributed by atoms with Gasteiger partial charge in [-0.25, -0.2) is 0 Å². The summed E-state index contributed by atoms with van der Waals surface area (Å²) >= 11 is 0. The van der Waals surface area contributed by atoms with E-state index in [4.69, 9.17) is 0 Å². The van der Waals surface area contributed by atoms with Gasteiger partial charge in [0, 0.05) is 38.6 Å². The molecule has 2 aliphatic carbocycles. The second-order valence-corrected chi connectivity index (χ2v) is 9.99. The number of unbranched alkanes of at least 4 members (excludes halogenated alkanes) is 1. The van der Waals surface area contributed by atoms with Gasteiger partial charge in [0.05, 0.1) is 6.04 Å². The van der Waals surface area contributed by atoms with E-state index in [0.29, 0.717) is 17.9 Å². The van der Waals surface area contributed by atoms with Gasteiger partial charge in [-0.05, 0) is 55.2 Å². The maximum absolute atomic E-state index is 12.5. The van der Waals surface area contributed by atoms with E-state index < -0.39 is 0 Å². The topological polar surface area (TPSA) is 35.6 Å². The summed E-state index contributed by atoms with van der Waals surface area (Å²) in [5, 5.41) is 3.21. The molecule has 5 rings (SSSR count). The van der Waals surface area contributed by atoms with Crippen LogP contribution in [-0.4, -0.2) is 55.0 Å². The van der Waals surface area contributed by atoms with Crippen LogP contribution in [0.25, 0.3) is 0 Å². The minimum atomic E-state index is 0.232. The summed E-state index contributed by atoms with van der Waals surface area (Å²) < 4.78 is 0. The molecule has 3 aliphatic rings. The van der Waals surface area contributed by atoms with Crippen LogP contribution >= 0.6 is 0 Å². The van der Waals surface area contributed by atoms with E-state index in [1.165, 1.54) is 17.5 Å². The maximum atomic E-state index is 12.5. The summed E-state index contributed by atoms with van der Waals surface area (Å²) in [5.41, 5.74) is 2.75. The molecular formula is C29H37N3O. The zero-order chi connectivity index (χ0) is 22.5. The first-order chi connectivity index (χ1) is 16.3. The van der Waals surface area contributed by atoms with Crippen molar-refractivity contribution < 1.29 is 4.79 Å². The molecule has 1 saturated carbocycles. The summed E-state index contributed by atoms with van der Waals surface area (Å²) in [6.07, 6.45) is 9.04. The van der Waals surface area contributed by atoms with Crippen molar-refractivity contribution in [2.24, 2.45) is 17.8 Å². The Morgan fingerprint density at radius 1 is 0.848 bits per heavy atom. The number of hydrogen-bond donors (Lipinski definition) is 1. The number of carbonyl (C=O) groups is 1. The van der Waals surface area contributed by atoms with Gasteiger partial charge in [-0.15, -0.1) is 0 Å². The summed E-state index contributed by atoms with van der Waals surface area (Å²) in [6, 6.07) is 22.1. The lowest BCUT2D eigenvalue weighted by atomic mass is 9.93. The van der Waals surface area contributed by atoms with E-state index >= 15 is 0 Å². The number of amides is 1. The lowest BCUT2D eigenvalue weighted by Crippen LogP contribution is -2.48. The average molecular weight is 444 g/mol. The molecule has 0 aromatic heterocycles. The third-order valence-corrected chi connectivity index (χ3v) is 7.82. The first-order valence-corrected chi connectivity index (χ1v) is 12.8. The standard InChI is InChI=1S/C29H37N3O/c33-29(27-22-23-13-14-26(27)21-23)30-15-7-8-16-31-17-19-32(20-18-31)28(24-9-3-1-4-10-24)25-11-5-2-6-12-25/h1-6,9-14,23,26-28H,7-8,15-22H2,(H,30,33)/t23-,26+,27?/m1/s1. The molecule has 1 unspecified atom stereocenters. The zero-order valence-electron chi connectivity index (χ0n) is 19.6. The van der Waals surface area contributed by atoms with Crippen LogP contribution in [0, 0.1) is 17.8 Å². The van der Waals surface area contributed by atoms with Crippen molar-refractivity contribution in [1.82, 2.24) is 15.1 Å². The average Bonchev–Trinajstić information content (AvgIpc) is 3.50. The number of carbonyl (C=O) groups excluding carboxylic acids is 1. The molecule has 1 amide bonds. The molecule has 2 aromatic rings. The third-order valence-electron chi connectivity index (χ3n) is 7.82. The molecule has 3 atom stereocenters. The molecule has 0 spiro atoms. The number of fused-ring (bicyclic) bond motifs is 2. The van der Waals surface area contributed by atoms with Crippen LogP contribution in [-0.2, 0) is 4.79 Å². The summed E-state index contributed by atoms with van der Waals surface area (Å²) in [5.74, 6) is 1.68. The van der Waals surface area contributed by atoms with E-state index in [9.17, 15) is 4.79 Å². The van der Waals surface area contributed by atoms with Crippen molar-refractivity contribution in [3.05, 3.63) is 83.9 Å². The van der Waals surface area contributed by atoms with Gasteiger partial charge in [-0.3, -0.25) is 9.69 Å². The van der Waals surface area contributed by atoms with Crippen molar-refractivity contribution in [3.63, 3.8) is 0 Å². The van der Waals surface area contributed by atoms with Crippen LogP contribution in [0.4, 0.5) is 0 Å². The Morgan fingerprint density at radius 3 is 2.09 bits per heavy atom. The van der Waals surface area contributed by atoms with Crippen LogP contribution in [0.5, 0.6) is 0 Å². The molecule has 2 aromatic carbocycles. The molecule has 1 heterocycles. The van der Waals surface area contributed by atoms with Gasteiger partial charge in [-0.1, -0.05) is 72.8 Å². The predicted octanol–water partition coefficient (Wildman–Crippen LogP) is 4.50. The normalized spacial score (nSPS) is 25.1. The molecule has 33 heavy (non-hydrogen) atoms. The number of piperazine rings is 1. The van der Waals surface area contributed by atoms with E-state index in [0.717, 1.165) is 58.5 Å². The molecule has 2 fully saturated rings. The van der Waals surface area contributed by atoms with Gasteiger partial charge in [-0.2, -0.15) is 0 Å². The van der Waals surface area contributed by atoms with Crippen LogP contribution in [0.1, 0.15) is 42.9 Å². The fraction of sp³-hybridized carbons (Fsp3) is 0.483. The molecule has 174 valence electrons. The van der Waals surface area contributed by atoms with Gasteiger partial charge >= 0.3 is 0 Å². The molecule has 1 aliphatic heterocycles. The summed E-state index contributed by atoms with van der Waals surface area (Å²) in [6.45, 7) is 6.34. The fourth-order valence-corrected chi connectivity index (χ4v) is 6.02. The lowest BCUT2D eigenvalue weighted by molar-refractivity contribution is -0.125. The minimum Gasteiger partial charge on any atom is -0.356 e. The number of nitrogens with one attached hydrogen (secondary N) is 1. The lowest BCUT2D eigenvalue weighted by Gasteiger charge is -2.39. The molecular weight excluding hydrogens is 406 g/mol. The molecule has 1 saturated heterocycles. The van der Waals surface area contributed by atoms with Crippen LogP contribution in [0.2, 0.25) is 0 Å². The third kappa shape index (κ3) is 5.39. The summed E-state index contributed by atoms with van der Waals surface area (Å²) in [7, 11) is 0. The number of allylic oxidation sites excluding steroid dienone is 2. The second-order valence-electron chi connectivity index (χ2n) is 9.99. The van der Waals surface area contributed by atoms with Gasteiger partial charge in [0.25, 0.3) is 0 Å². The number of nitrogens with zero attached hydrogens (tertiary/aromatic N) is 2. The largest absolute Gasteiger partial charge is 0.356 e. The Morgan fingerprint density at radius 2 is 1.52 bits per heavy atom. The molecule has 0 radical (unpaired) electrons. The predicted molar refractivity (Wildman–Crippen MR) is 134 cm³/mol. The maximum Gasteiger partial charge on any atom is 0.223 e. The van der Waals surface area contributed by atoms with Crippen molar-refractivity contribution in [2.75, 3.05) is 39.3 Å². The Hall–Kier alpha value is -2.43. The first kappa shape index (κ1) is 22.4. The zero-order valence-corrected chi connectivity index (χ0v) is 19.6. The Labute approximate surface area is 198 Å². The van der Waals surface area contributed by atoms with Gasteiger partial charge in [0.2, 0.25) is 5.91 Å². The quantitative estimate of drug-likeness (QED) is 0.458. The van der Waals surface area contributed by atoms with E-state index in [1.807, 2.05) is 0 Å². The number of rotatable bonds is 9. The monoisotopic (exact) mass is 443 g/mol. The minimum absolute atomic E-state index is 0.232. The van der Waals surface area contributed by atoms with Crippen molar-refractivity contribution in [1.29, 1.82) is 0 Å². The Bertz CT molecular complexity index is 881. The molecule has 1 N–H and O–H groups in total. The highest BCUT2D eigenvalue weighted by atomic mass is 16.1. The van der Waals surface area contributed by atoms with Crippen molar-refractivity contribution >= 4 is 5.91 Å². The van der Waals surface area contributed by atoms with Crippen LogP contribution in [0.15, 0.2) is 72.8 Å². The highest BCUT2D eigenvalue weighted by molar-refractivity contribution is 5.79. The molecule has 4 nitrogen and oxygen atoms in total. The first-order valence-electron chi connectivity index (χ1n) is 12.8. The Kier molecular flexibility index (Phi) is 7.23. The van der Waals surface area contributed by atoms with Gasteiger partial charge in [0.1, 0.15) is 0 Å². The van der Waals surface area contributed by atoms with Gasteiger partial charge < -0.3 is 10.2 Å². The van der Waals surface area contributed by atoms with Crippen molar-refractivity contribution in [3.8, 4) is 0 Å². The van der Waals surface area contributed by atoms with E-state index in [1.54, 1.807) is 0 Å². The van der Waals surface area contributed by atoms with Crippen LogP contribution in [0.3, 0.4) is 0 Å². The second kappa shape index (κ2) is 10.7. The van der Waals surface area contributed by atoms with Crippen molar-refractivity contribution in [2.45, 2.75) is 31.7 Å². The SMILES string of the molecule is O=C(NCCCCN1CCN(C(c2ccccc2)c2ccccc2)CC1)C1C[C@@H]2C=C[C@H]1C2. The molecule has 4 heteroatoms. The van der Waals surface area contributed by atoms with Crippen LogP contribution < -0.4 is 5.32 Å². The summed E-state index contributed by atoms with van der Waals surface area (Å²) in [4.78, 5) is 17.7. The highest BCUT2D eigenvalue weighted by Gasteiger charge is 2.39.